The molecule has 18 heavy (non-hydrogen) atoms. The molecule has 0 aromatic rings. The molecule has 0 bridgehead atoms. The lowest BCUT2D eigenvalue weighted by Crippen LogP contribution is -2.45. The highest BCUT2D eigenvalue weighted by Gasteiger charge is 2.44. The average molecular weight is 252 g/mol. The molecule has 0 aliphatic heterocycles. The molecule has 0 aromatic carbocycles. The van der Waals surface area contributed by atoms with Crippen molar-refractivity contribution in [3.8, 4) is 6.07 Å². The topological polar surface area (TPSA) is 64.3 Å². The number of aliphatic hydroxyl groups is 1. The number of rotatable bonds is 8. The molecular formula is C14H24N2O2. The van der Waals surface area contributed by atoms with Crippen LogP contribution < -0.4 is 0 Å². The quantitative estimate of drug-likeness (QED) is 0.719. The van der Waals surface area contributed by atoms with Crippen LogP contribution in [0.2, 0.25) is 0 Å². The van der Waals surface area contributed by atoms with Crippen LogP contribution in [0.3, 0.4) is 0 Å². The van der Waals surface area contributed by atoms with Gasteiger partial charge in [-0.05, 0) is 25.7 Å². The highest BCUT2D eigenvalue weighted by Crippen LogP contribution is 2.36. The first-order chi connectivity index (χ1) is 8.65. The van der Waals surface area contributed by atoms with Crippen LogP contribution in [-0.4, -0.2) is 35.1 Å². The summed E-state index contributed by atoms with van der Waals surface area (Å²) in [5, 5.41) is 18.6. The number of carbonyl (C=O) groups is 1. The van der Waals surface area contributed by atoms with Crippen LogP contribution in [0.15, 0.2) is 0 Å². The molecule has 1 aliphatic rings. The van der Waals surface area contributed by atoms with E-state index >= 15 is 0 Å². The summed E-state index contributed by atoms with van der Waals surface area (Å²) in [4.78, 5) is 14.4. The lowest BCUT2D eigenvalue weighted by molar-refractivity contribution is -0.141. The molecule has 1 fully saturated rings. The van der Waals surface area contributed by atoms with Gasteiger partial charge in [0.1, 0.15) is 5.41 Å². The van der Waals surface area contributed by atoms with Gasteiger partial charge in [-0.25, -0.2) is 0 Å². The molecule has 4 heteroatoms. The predicted molar refractivity (Wildman–Crippen MR) is 69.7 cm³/mol. The number of carbonyl (C=O) groups excluding carboxylic acids is 1. The predicted octanol–water partition coefficient (Wildman–Crippen LogP) is 2.08. The number of aliphatic hydroxyl groups excluding tert-OH is 1. The molecule has 0 spiro atoms. The third-order valence-corrected chi connectivity index (χ3v) is 3.57. The number of amides is 1. The van der Waals surface area contributed by atoms with Gasteiger partial charge in [0.15, 0.2) is 0 Å². The van der Waals surface area contributed by atoms with E-state index in [-0.39, 0.29) is 18.6 Å². The van der Waals surface area contributed by atoms with E-state index < -0.39 is 5.41 Å². The molecule has 1 saturated carbocycles. The molecule has 1 rings (SSSR count). The van der Waals surface area contributed by atoms with Gasteiger partial charge < -0.3 is 10.0 Å². The summed E-state index contributed by atoms with van der Waals surface area (Å²) in [6.07, 6.45) is 4.90. The van der Waals surface area contributed by atoms with Gasteiger partial charge in [0, 0.05) is 12.6 Å². The molecule has 1 N–H and O–H groups in total. The minimum atomic E-state index is -0.874. The van der Waals surface area contributed by atoms with Crippen molar-refractivity contribution < 1.29 is 9.90 Å². The molecular weight excluding hydrogens is 228 g/mol. The van der Waals surface area contributed by atoms with Crippen molar-refractivity contribution in [3.05, 3.63) is 0 Å². The van der Waals surface area contributed by atoms with Crippen molar-refractivity contribution in [2.24, 2.45) is 5.41 Å². The van der Waals surface area contributed by atoms with Crippen molar-refractivity contribution in [1.29, 1.82) is 5.26 Å². The van der Waals surface area contributed by atoms with Crippen LogP contribution in [0.5, 0.6) is 0 Å². The molecule has 0 unspecified atom stereocenters. The number of hydrogen-bond donors (Lipinski definition) is 1. The van der Waals surface area contributed by atoms with E-state index in [9.17, 15) is 10.1 Å². The summed E-state index contributed by atoms with van der Waals surface area (Å²) in [7, 11) is 0. The number of nitriles is 1. The first kappa shape index (κ1) is 15.0. The normalized spacial score (nSPS) is 15.2. The van der Waals surface area contributed by atoms with Gasteiger partial charge in [0.2, 0.25) is 5.91 Å². The SMILES string of the molecule is CCCC(C#N)(CCC)C(=O)N(CCO)C1CC1. The van der Waals surface area contributed by atoms with Crippen LogP contribution in [0.4, 0.5) is 0 Å². The zero-order valence-corrected chi connectivity index (χ0v) is 11.5. The molecule has 0 aromatic heterocycles. The zero-order valence-electron chi connectivity index (χ0n) is 11.5. The number of nitrogens with zero attached hydrogens (tertiary/aromatic N) is 2. The van der Waals surface area contributed by atoms with Crippen LogP contribution in [0.1, 0.15) is 52.4 Å². The smallest absolute Gasteiger partial charge is 0.243 e. The summed E-state index contributed by atoms with van der Waals surface area (Å²) in [6, 6.07) is 2.52. The van der Waals surface area contributed by atoms with Crippen LogP contribution >= 0.6 is 0 Å². The van der Waals surface area contributed by atoms with Gasteiger partial charge in [0.25, 0.3) is 0 Å². The van der Waals surface area contributed by atoms with Gasteiger partial charge in [-0.15, -0.1) is 0 Å². The zero-order chi connectivity index (χ0) is 13.6. The van der Waals surface area contributed by atoms with E-state index in [0.29, 0.717) is 19.4 Å². The molecule has 0 radical (unpaired) electrons. The van der Waals surface area contributed by atoms with E-state index in [1.807, 2.05) is 13.8 Å². The summed E-state index contributed by atoms with van der Waals surface area (Å²) in [5.74, 6) is -0.0646. The number of hydrogen-bond acceptors (Lipinski definition) is 3. The summed E-state index contributed by atoms with van der Waals surface area (Å²) < 4.78 is 0. The molecule has 0 heterocycles. The Labute approximate surface area is 110 Å². The summed E-state index contributed by atoms with van der Waals surface area (Å²) >= 11 is 0. The Morgan fingerprint density at radius 2 is 1.94 bits per heavy atom. The molecule has 102 valence electrons. The largest absolute Gasteiger partial charge is 0.395 e. The lowest BCUT2D eigenvalue weighted by Gasteiger charge is -2.32. The first-order valence-electron chi connectivity index (χ1n) is 6.98. The van der Waals surface area contributed by atoms with Crippen molar-refractivity contribution in [2.75, 3.05) is 13.2 Å². The van der Waals surface area contributed by atoms with E-state index in [1.54, 1.807) is 4.90 Å². The van der Waals surface area contributed by atoms with Crippen molar-refractivity contribution in [3.63, 3.8) is 0 Å². The fourth-order valence-electron chi connectivity index (χ4n) is 2.57. The van der Waals surface area contributed by atoms with Gasteiger partial charge in [0.05, 0.1) is 12.7 Å². The third-order valence-electron chi connectivity index (χ3n) is 3.57. The highest BCUT2D eigenvalue weighted by molar-refractivity contribution is 5.86. The highest BCUT2D eigenvalue weighted by atomic mass is 16.3. The molecule has 4 nitrogen and oxygen atoms in total. The lowest BCUT2D eigenvalue weighted by atomic mass is 9.79. The van der Waals surface area contributed by atoms with Crippen LogP contribution in [0.25, 0.3) is 0 Å². The van der Waals surface area contributed by atoms with Crippen molar-refractivity contribution in [2.45, 2.75) is 58.4 Å². The Morgan fingerprint density at radius 3 is 2.28 bits per heavy atom. The Kier molecular flexibility index (Phi) is 5.61. The van der Waals surface area contributed by atoms with E-state index in [4.69, 9.17) is 5.11 Å². The molecule has 0 saturated heterocycles. The maximum absolute atomic E-state index is 12.6. The maximum atomic E-state index is 12.6. The van der Waals surface area contributed by atoms with E-state index in [0.717, 1.165) is 25.7 Å². The second-order valence-corrected chi connectivity index (χ2v) is 5.15. The fraction of sp³-hybridized carbons (Fsp3) is 0.857. The minimum absolute atomic E-state index is 0.0258. The molecule has 0 atom stereocenters. The Balaban J connectivity index is 2.88. The van der Waals surface area contributed by atoms with Crippen molar-refractivity contribution >= 4 is 5.91 Å². The van der Waals surface area contributed by atoms with Gasteiger partial charge in [-0.2, -0.15) is 5.26 Å². The third kappa shape index (κ3) is 3.23. The van der Waals surface area contributed by atoms with E-state index in [2.05, 4.69) is 6.07 Å². The van der Waals surface area contributed by atoms with Gasteiger partial charge in [-0.1, -0.05) is 26.7 Å². The fourth-order valence-corrected chi connectivity index (χ4v) is 2.57. The monoisotopic (exact) mass is 252 g/mol. The van der Waals surface area contributed by atoms with Gasteiger partial charge in [-0.3, -0.25) is 4.79 Å². The van der Waals surface area contributed by atoms with Crippen LogP contribution in [-0.2, 0) is 4.79 Å². The average Bonchev–Trinajstić information content (AvgIpc) is 3.19. The Hall–Kier alpha value is -1.08. The second-order valence-electron chi connectivity index (χ2n) is 5.15. The standard InChI is InChI=1S/C14H24N2O2/c1-3-7-14(11-15,8-4-2)13(18)16(9-10-17)12-5-6-12/h12,17H,3-10H2,1-2H3. The summed E-state index contributed by atoms with van der Waals surface area (Å²) in [6.45, 7) is 4.34. The molecule has 1 aliphatic carbocycles. The molecule has 1 amide bonds. The van der Waals surface area contributed by atoms with Gasteiger partial charge >= 0.3 is 0 Å². The van der Waals surface area contributed by atoms with Crippen molar-refractivity contribution in [1.82, 2.24) is 4.90 Å². The Morgan fingerprint density at radius 1 is 1.39 bits per heavy atom. The van der Waals surface area contributed by atoms with Crippen LogP contribution in [0, 0.1) is 16.7 Å². The van der Waals surface area contributed by atoms with E-state index in [1.165, 1.54) is 0 Å². The Bertz CT molecular complexity index is 312. The minimum Gasteiger partial charge on any atom is -0.395 e. The summed E-state index contributed by atoms with van der Waals surface area (Å²) in [5.41, 5.74) is -0.874. The first-order valence-corrected chi connectivity index (χ1v) is 6.98. The second kappa shape index (κ2) is 6.75. The maximum Gasteiger partial charge on any atom is 0.243 e.